The van der Waals surface area contributed by atoms with Gasteiger partial charge in [-0.1, -0.05) is 35.3 Å². The lowest BCUT2D eigenvalue weighted by molar-refractivity contribution is 0.0365. The molecule has 2 saturated heterocycles. The molecule has 2 atom stereocenters. The summed E-state index contributed by atoms with van der Waals surface area (Å²) in [5.41, 5.74) is 5.28. The first-order chi connectivity index (χ1) is 17.5. The van der Waals surface area contributed by atoms with Crippen LogP contribution in [0.25, 0.3) is 5.69 Å². The maximum atomic E-state index is 6.64. The minimum Gasteiger partial charge on any atom is -0.379 e. The molecular weight excluding hydrogens is 513 g/mol. The fraction of sp³-hybridized carbons (Fsp3) is 0.407. The molecule has 0 unspecified atom stereocenters. The zero-order valence-corrected chi connectivity index (χ0v) is 22.9. The molecule has 9 heteroatoms. The highest BCUT2D eigenvalue weighted by molar-refractivity contribution is 7.80. The largest absolute Gasteiger partial charge is 0.379 e. The van der Waals surface area contributed by atoms with Crippen molar-refractivity contribution in [1.82, 2.24) is 24.7 Å². The topological polar surface area (TPSA) is 45.6 Å². The van der Waals surface area contributed by atoms with E-state index in [0.717, 1.165) is 73.7 Å². The second-order valence-corrected chi connectivity index (χ2v) is 10.5. The SMILES string of the molecule is Cc1cc([C@@H]2[C@H](c3ccccn3)NC(=S)N2CCCN2CCOCC2)c(C)n1-c1cccc(Cl)c1Cl. The van der Waals surface area contributed by atoms with Gasteiger partial charge < -0.3 is 19.5 Å². The Balaban J connectivity index is 1.50. The summed E-state index contributed by atoms with van der Waals surface area (Å²) in [5.74, 6) is 0. The molecule has 36 heavy (non-hydrogen) atoms. The summed E-state index contributed by atoms with van der Waals surface area (Å²) in [6, 6.07) is 14.0. The van der Waals surface area contributed by atoms with Gasteiger partial charge in [-0.3, -0.25) is 9.88 Å². The monoisotopic (exact) mass is 543 g/mol. The number of nitrogens with one attached hydrogen (secondary N) is 1. The maximum Gasteiger partial charge on any atom is 0.170 e. The molecule has 0 spiro atoms. The normalized spacial score (nSPS) is 20.7. The Labute approximate surface area is 228 Å². The van der Waals surface area contributed by atoms with Crippen molar-refractivity contribution < 1.29 is 4.74 Å². The first-order valence-electron chi connectivity index (χ1n) is 12.4. The molecule has 1 aromatic carbocycles. The van der Waals surface area contributed by atoms with Crippen molar-refractivity contribution in [2.45, 2.75) is 32.4 Å². The third-order valence-electron chi connectivity index (χ3n) is 7.14. The molecule has 5 rings (SSSR count). The van der Waals surface area contributed by atoms with Crippen LogP contribution in [0.15, 0.2) is 48.7 Å². The molecule has 1 N–H and O–H groups in total. The van der Waals surface area contributed by atoms with Crippen LogP contribution >= 0.6 is 35.4 Å². The maximum absolute atomic E-state index is 6.64. The number of aryl methyl sites for hydroxylation is 1. The van der Waals surface area contributed by atoms with E-state index in [-0.39, 0.29) is 12.1 Å². The number of ether oxygens (including phenoxy) is 1. The summed E-state index contributed by atoms with van der Waals surface area (Å²) in [5, 5.41) is 5.44. The summed E-state index contributed by atoms with van der Waals surface area (Å²) < 4.78 is 7.69. The number of morpholine rings is 1. The van der Waals surface area contributed by atoms with Crippen LogP contribution in [0, 0.1) is 13.8 Å². The molecule has 6 nitrogen and oxygen atoms in total. The number of nitrogens with zero attached hydrogens (tertiary/aromatic N) is 4. The fourth-order valence-electron chi connectivity index (χ4n) is 5.40. The number of benzene rings is 1. The van der Waals surface area contributed by atoms with Gasteiger partial charge in [0.25, 0.3) is 0 Å². The predicted molar refractivity (Wildman–Crippen MR) is 149 cm³/mol. The van der Waals surface area contributed by atoms with Gasteiger partial charge >= 0.3 is 0 Å². The fourth-order valence-corrected chi connectivity index (χ4v) is 6.11. The van der Waals surface area contributed by atoms with Crippen LogP contribution in [0.4, 0.5) is 0 Å². The Morgan fingerprint density at radius 2 is 1.89 bits per heavy atom. The molecule has 2 aliphatic heterocycles. The summed E-state index contributed by atoms with van der Waals surface area (Å²) in [6.07, 6.45) is 2.86. The molecular formula is C27H31Cl2N5OS. The van der Waals surface area contributed by atoms with E-state index in [1.807, 2.05) is 36.5 Å². The number of thiocarbonyl (C=S) groups is 1. The van der Waals surface area contributed by atoms with E-state index in [1.165, 1.54) is 5.56 Å². The molecule has 0 radical (unpaired) electrons. The lowest BCUT2D eigenvalue weighted by Crippen LogP contribution is -2.39. The van der Waals surface area contributed by atoms with Gasteiger partial charge in [0.15, 0.2) is 5.11 Å². The summed E-state index contributed by atoms with van der Waals surface area (Å²) in [7, 11) is 0. The number of hydrogen-bond acceptors (Lipinski definition) is 4. The predicted octanol–water partition coefficient (Wildman–Crippen LogP) is 5.49. The van der Waals surface area contributed by atoms with Crippen LogP contribution in [0.5, 0.6) is 0 Å². The summed E-state index contributed by atoms with van der Waals surface area (Å²) in [4.78, 5) is 9.49. The quantitative estimate of drug-likeness (QED) is 0.397. The van der Waals surface area contributed by atoms with E-state index < -0.39 is 0 Å². The van der Waals surface area contributed by atoms with Crippen molar-refractivity contribution in [3.8, 4) is 5.69 Å². The summed E-state index contributed by atoms with van der Waals surface area (Å²) >= 11 is 18.9. The highest BCUT2D eigenvalue weighted by atomic mass is 35.5. The van der Waals surface area contributed by atoms with E-state index in [0.29, 0.717) is 10.0 Å². The minimum absolute atomic E-state index is 0.00926. The van der Waals surface area contributed by atoms with Gasteiger partial charge in [-0.25, -0.2) is 0 Å². The van der Waals surface area contributed by atoms with E-state index in [9.17, 15) is 0 Å². The minimum atomic E-state index is -0.0501. The lowest BCUT2D eigenvalue weighted by atomic mass is 9.96. The highest BCUT2D eigenvalue weighted by Crippen LogP contribution is 2.42. The van der Waals surface area contributed by atoms with E-state index >= 15 is 0 Å². The Morgan fingerprint density at radius 3 is 2.64 bits per heavy atom. The highest BCUT2D eigenvalue weighted by Gasteiger charge is 2.41. The first kappa shape index (κ1) is 25.5. The first-order valence-corrected chi connectivity index (χ1v) is 13.5. The molecule has 4 heterocycles. The van der Waals surface area contributed by atoms with Gasteiger partial charge in [0, 0.05) is 43.8 Å². The molecule has 0 saturated carbocycles. The molecule has 0 bridgehead atoms. The molecule has 190 valence electrons. The van der Waals surface area contributed by atoms with Crippen LogP contribution in [0.1, 0.15) is 41.1 Å². The molecule has 2 aliphatic rings. The zero-order valence-electron chi connectivity index (χ0n) is 20.6. The average molecular weight is 545 g/mol. The lowest BCUT2D eigenvalue weighted by Gasteiger charge is -2.30. The number of pyridine rings is 1. The zero-order chi connectivity index (χ0) is 25.2. The standard InChI is InChI=1S/C27H31Cl2N5OS/c1-18-17-20(19(2)34(18)23-9-5-7-21(28)24(23)29)26-25(22-8-3-4-10-30-22)31-27(36)33(26)12-6-11-32-13-15-35-16-14-32/h3-5,7-10,17,25-26H,6,11-16H2,1-2H3,(H,31,36)/t25-,26+/m0/s1. The average Bonchev–Trinajstić information content (AvgIpc) is 3.37. The summed E-state index contributed by atoms with van der Waals surface area (Å²) in [6.45, 7) is 9.74. The van der Waals surface area contributed by atoms with Crippen LogP contribution in [0.2, 0.25) is 10.0 Å². The number of rotatable bonds is 7. The Morgan fingerprint density at radius 1 is 1.08 bits per heavy atom. The molecule has 2 aromatic heterocycles. The van der Waals surface area contributed by atoms with Gasteiger partial charge in [-0.05, 0) is 68.4 Å². The van der Waals surface area contributed by atoms with Crippen molar-refractivity contribution in [2.75, 3.05) is 39.4 Å². The van der Waals surface area contributed by atoms with E-state index in [2.05, 4.69) is 50.6 Å². The van der Waals surface area contributed by atoms with Gasteiger partial charge in [-0.15, -0.1) is 0 Å². The Bertz CT molecular complexity index is 1230. The van der Waals surface area contributed by atoms with Crippen molar-refractivity contribution in [3.05, 3.63) is 81.4 Å². The number of aromatic nitrogens is 2. The van der Waals surface area contributed by atoms with Gasteiger partial charge in [0.2, 0.25) is 0 Å². The van der Waals surface area contributed by atoms with Crippen molar-refractivity contribution in [2.24, 2.45) is 0 Å². The molecule has 0 amide bonds. The van der Waals surface area contributed by atoms with Crippen LogP contribution in [0.3, 0.4) is 0 Å². The van der Waals surface area contributed by atoms with Crippen LogP contribution in [-0.2, 0) is 4.74 Å². The van der Waals surface area contributed by atoms with Crippen molar-refractivity contribution in [3.63, 3.8) is 0 Å². The molecule has 3 aromatic rings. The number of hydrogen-bond donors (Lipinski definition) is 1. The van der Waals surface area contributed by atoms with Crippen LogP contribution in [-0.4, -0.2) is 63.9 Å². The molecule has 0 aliphatic carbocycles. The second kappa shape index (κ2) is 11.1. The second-order valence-electron chi connectivity index (χ2n) is 9.36. The van der Waals surface area contributed by atoms with Crippen LogP contribution < -0.4 is 5.32 Å². The van der Waals surface area contributed by atoms with Crippen molar-refractivity contribution in [1.29, 1.82) is 0 Å². The Hall–Kier alpha value is -2.16. The Kier molecular flexibility index (Phi) is 7.84. The van der Waals surface area contributed by atoms with Crippen molar-refractivity contribution >= 4 is 40.5 Å². The van der Waals surface area contributed by atoms with Gasteiger partial charge in [-0.2, -0.15) is 0 Å². The third-order valence-corrected chi connectivity index (χ3v) is 8.30. The van der Waals surface area contributed by atoms with Gasteiger partial charge in [0.05, 0.1) is 46.7 Å². The number of halogens is 2. The smallest absolute Gasteiger partial charge is 0.170 e. The molecule has 2 fully saturated rings. The van der Waals surface area contributed by atoms with Gasteiger partial charge in [0.1, 0.15) is 0 Å². The van der Waals surface area contributed by atoms with E-state index in [4.69, 9.17) is 40.2 Å². The van der Waals surface area contributed by atoms with E-state index in [1.54, 1.807) is 0 Å². The third kappa shape index (κ3) is 5.00.